The highest BCUT2D eigenvalue weighted by molar-refractivity contribution is 6.30. The number of ether oxygens (including phenoxy) is 1. The third-order valence-corrected chi connectivity index (χ3v) is 7.74. The molecule has 2 aromatic carbocycles. The van der Waals surface area contributed by atoms with E-state index in [2.05, 4.69) is 11.9 Å². The van der Waals surface area contributed by atoms with Gasteiger partial charge in [-0.2, -0.15) is 0 Å². The van der Waals surface area contributed by atoms with Crippen molar-refractivity contribution in [1.82, 2.24) is 14.7 Å². The van der Waals surface area contributed by atoms with Gasteiger partial charge in [0.25, 0.3) is 5.91 Å². The molecule has 35 heavy (non-hydrogen) atoms. The number of halogens is 2. The molecule has 2 aromatic rings. The zero-order valence-corrected chi connectivity index (χ0v) is 21.4. The summed E-state index contributed by atoms with van der Waals surface area (Å²) in [6, 6.07) is 14.9. The quantitative estimate of drug-likeness (QED) is 0.565. The van der Waals surface area contributed by atoms with E-state index in [0.29, 0.717) is 35.6 Å². The maximum Gasteiger partial charge on any atom is 0.252 e. The number of benzene rings is 2. The fraction of sp³-hybridized carbons (Fsp3) is 0.481. The molecule has 1 aliphatic carbocycles. The Morgan fingerprint density at radius 3 is 2.34 bits per heavy atom. The molecule has 2 amide bonds. The van der Waals surface area contributed by atoms with Crippen LogP contribution in [-0.4, -0.2) is 72.4 Å². The Morgan fingerprint density at radius 1 is 0.971 bits per heavy atom. The van der Waals surface area contributed by atoms with E-state index in [1.807, 2.05) is 58.3 Å². The SMILES string of the molecule is CN1CCN(C(=O)C[C@H]2O[C@H](c3cccc(Cl)c3)[C@H](c3ccc(Cl)cc3)N(CC3CC3)C2=O)CC1. The maximum atomic E-state index is 13.8. The highest BCUT2D eigenvalue weighted by atomic mass is 35.5. The van der Waals surface area contributed by atoms with E-state index in [1.54, 1.807) is 0 Å². The van der Waals surface area contributed by atoms with Crippen LogP contribution in [0.2, 0.25) is 10.0 Å². The number of hydrogen-bond acceptors (Lipinski definition) is 4. The van der Waals surface area contributed by atoms with Crippen molar-refractivity contribution in [3.05, 3.63) is 69.7 Å². The number of hydrogen-bond donors (Lipinski definition) is 0. The van der Waals surface area contributed by atoms with Gasteiger partial charge in [-0.3, -0.25) is 9.59 Å². The number of carbonyl (C=O) groups excluding carboxylic acids is 2. The lowest BCUT2D eigenvalue weighted by atomic mass is 9.91. The molecular formula is C27H31Cl2N3O3. The number of morpholine rings is 1. The summed E-state index contributed by atoms with van der Waals surface area (Å²) in [7, 11) is 2.05. The molecule has 0 bridgehead atoms. The van der Waals surface area contributed by atoms with E-state index in [9.17, 15) is 9.59 Å². The minimum atomic E-state index is -0.826. The molecular weight excluding hydrogens is 485 g/mol. The number of nitrogens with zero attached hydrogens (tertiary/aromatic N) is 3. The summed E-state index contributed by atoms with van der Waals surface area (Å²) in [6.07, 6.45) is 1.01. The fourth-order valence-electron chi connectivity index (χ4n) is 5.02. The van der Waals surface area contributed by atoms with Crippen molar-refractivity contribution < 1.29 is 14.3 Å². The van der Waals surface area contributed by atoms with Gasteiger partial charge < -0.3 is 19.4 Å². The minimum Gasteiger partial charge on any atom is -0.357 e. The molecule has 2 aliphatic heterocycles. The number of piperazine rings is 1. The molecule has 8 heteroatoms. The van der Waals surface area contributed by atoms with E-state index in [-0.39, 0.29) is 24.3 Å². The lowest BCUT2D eigenvalue weighted by Gasteiger charge is -2.45. The van der Waals surface area contributed by atoms with Crippen LogP contribution in [0.1, 0.15) is 42.5 Å². The average Bonchev–Trinajstić information content (AvgIpc) is 3.67. The zero-order chi connectivity index (χ0) is 24.5. The van der Waals surface area contributed by atoms with Crippen LogP contribution in [0.25, 0.3) is 0 Å². The monoisotopic (exact) mass is 515 g/mol. The van der Waals surface area contributed by atoms with E-state index >= 15 is 0 Å². The van der Waals surface area contributed by atoms with Crippen LogP contribution < -0.4 is 0 Å². The van der Waals surface area contributed by atoms with Crippen LogP contribution in [0.4, 0.5) is 0 Å². The van der Waals surface area contributed by atoms with Gasteiger partial charge in [-0.05, 0) is 61.2 Å². The average molecular weight is 516 g/mol. The van der Waals surface area contributed by atoms with Crippen LogP contribution in [0.3, 0.4) is 0 Å². The van der Waals surface area contributed by atoms with Crippen molar-refractivity contribution in [3.8, 4) is 0 Å². The first-order valence-electron chi connectivity index (χ1n) is 12.3. The Bertz CT molecular complexity index is 1070. The number of rotatable bonds is 6. The van der Waals surface area contributed by atoms with Crippen molar-refractivity contribution in [2.24, 2.45) is 5.92 Å². The molecule has 0 N–H and O–H groups in total. The largest absolute Gasteiger partial charge is 0.357 e. The van der Waals surface area contributed by atoms with Crippen molar-refractivity contribution >= 4 is 35.0 Å². The molecule has 3 atom stereocenters. The van der Waals surface area contributed by atoms with E-state index in [0.717, 1.165) is 37.1 Å². The Hall–Kier alpha value is -2.12. The molecule has 3 aliphatic rings. The third-order valence-electron chi connectivity index (χ3n) is 7.25. The van der Waals surface area contributed by atoms with E-state index in [1.165, 1.54) is 0 Å². The topological polar surface area (TPSA) is 53.1 Å². The van der Waals surface area contributed by atoms with Gasteiger partial charge in [-0.25, -0.2) is 0 Å². The standard InChI is InChI=1S/C27H31Cl2N3O3/c1-30-11-13-31(14-12-30)24(33)16-23-27(34)32(17-18-5-6-18)25(19-7-9-21(28)10-8-19)26(35-23)20-3-2-4-22(29)15-20/h2-4,7-10,15,18,23,25-26H,5-6,11-14,16-17H2,1H3/t23-,25+,26-/m1/s1. The molecule has 2 heterocycles. The van der Waals surface area contributed by atoms with Gasteiger partial charge in [0.2, 0.25) is 5.91 Å². The van der Waals surface area contributed by atoms with Gasteiger partial charge >= 0.3 is 0 Å². The van der Waals surface area contributed by atoms with Crippen LogP contribution in [0.5, 0.6) is 0 Å². The van der Waals surface area contributed by atoms with Crippen LogP contribution in [0.15, 0.2) is 48.5 Å². The zero-order valence-electron chi connectivity index (χ0n) is 19.9. The van der Waals surface area contributed by atoms with Gasteiger partial charge in [0.1, 0.15) is 12.2 Å². The van der Waals surface area contributed by atoms with Gasteiger partial charge in [-0.1, -0.05) is 47.5 Å². The van der Waals surface area contributed by atoms with Crippen molar-refractivity contribution in [3.63, 3.8) is 0 Å². The summed E-state index contributed by atoms with van der Waals surface area (Å²) in [5, 5.41) is 1.25. The predicted molar refractivity (Wildman–Crippen MR) is 136 cm³/mol. The summed E-state index contributed by atoms with van der Waals surface area (Å²) in [5.74, 6) is 0.344. The Kier molecular flexibility index (Phi) is 7.35. The van der Waals surface area contributed by atoms with Crippen molar-refractivity contribution in [1.29, 1.82) is 0 Å². The molecule has 3 fully saturated rings. The van der Waals surface area contributed by atoms with E-state index in [4.69, 9.17) is 27.9 Å². The van der Waals surface area contributed by atoms with Crippen LogP contribution >= 0.6 is 23.2 Å². The van der Waals surface area contributed by atoms with Gasteiger partial charge in [-0.15, -0.1) is 0 Å². The molecule has 0 radical (unpaired) electrons. The first kappa shape index (κ1) is 24.6. The molecule has 2 saturated heterocycles. The number of amides is 2. The molecule has 186 valence electrons. The lowest BCUT2D eigenvalue weighted by Crippen LogP contribution is -2.54. The molecule has 0 spiro atoms. The van der Waals surface area contributed by atoms with Crippen molar-refractivity contribution in [2.45, 2.75) is 37.5 Å². The minimum absolute atomic E-state index is 0.0300. The summed E-state index contributed by atoms with van der Waals surface area (Å²) in [5.41, 5.74) is 1.85. The van der Waals surface area contributed by atoms with Gasteiger partial charge in [0.05, 0.1) is 12.5 Å². The van der Waals surface area contributed by atoms with Crippen LogP contribution in [0, 0.1) is 5.92 Å². The third kappa shape index (κ3) is 5.67. The lowest BCUT2D eigenvalue weighted by molar-refractivity contribution is -0.178. The second-order valence-electron chi connectivity index (χ2n) is 9.92. The predicted octanol–water partition coefficient (Wildman–Crippen LogP) is 4.58. The summed E-state index contributed by atoms with van der Waals surface area (Å²) < 4.78 is 6.51. The molecule has 0 aromatic heterocycles. The highest BCUT2D eigenvalue weighted by Crippen LogP contribution is 2.45. The normalized spacial score (nSPS) is 25.7. The van der Waals surface area contributed by atoms with Gasteiger partial charge in [0.15, 0.2) is 0 Å². The summed E-state index contributed by atoms with van der Waals surface area (Å²) in [4.78, 5) is 33.0. The van der Waals surface area contributed by atoms with E-state index < -0.39 is 12.2 Å². The maximum absolute atomic E-state index is 13.8. The van der Waals surface area contributed by atoms with Crippen LogP contribution in [-0.2, 0) is 14.3 Å². The van der Waals surface area contributed by atoms with Crippen molar-refractivity contribution in [2.75, 3.05) is 39.8 Å². The highest BCUT2D eigenvalue weighted by Gasteiger charge is 2.46. The Balaban J connectivity index is 1.47. The number of carbonyl (C=O) groups is 2. The summed E-state index contributed by atoms with van der Waals surface area (Å²) in [6.45, 7) is 3.68. The Labute approximate surface area is 216 Å². The summed E-state index contributed by atoms with van der Waals surface area (Å²) >= 11 is 12.5. The fourth-order valence-corrected chi connectivity index (χ4v) is 5.34. The molecule has 6 nitrogen and oxygen atoms in total. The smallest absolute Gasteiger partial charge is 0.252 e. The second kappa shape index (κ2) is 10.5. The first-order valence-corrected chi connectivity index (χ1v) is 13.1. The second-order valence-corrected chi connectivity index (χ2v) is 10.8. The molecule has 0 unspecified atom stereocenters. The molecule has 5 rings (SSSR count). The first-order chi connectivity index (χ1) is 16.9. The Morgan fingerprint density at radius 2 is 1.69 bits per heavy atom. The molecule has 1 saturated carbocycles. The number of likely N-dealkylation sites (N-methyl/N-ethyl adjacent to an activating group) is 1. The van der Waals surface area contributed by atoms with Gasteiger partial charge in [0, 0.05) is 42.8 Å².